The second-order valence-corrected chi connectivity index (χ2v) is 10.1. The van der Waals surface area contributed by atoms with Crippen LogP contribution >= 0.6 is 0 Å². The van der Waals surface area contributed by atoms with Gasteiger partial charge in [-0.25, -0.2) is 8.78 Å². The van der Waals surface area contributed by atoms with Crippen LogP contribution in [-0.4, -0.2) is 0 Å². The van der Waals surface area contributed by atoms with E-state index >= 15 is 0 Å². The van der Waals surface area contributed by atoms with Gasteiger partial charge in [0.1, 0.15) is 5.83 Å². The molecule has 0 nitrogen and oxygen atoms in total. The van der Waals surface area contributed by atoms with E-state index in [9.17, 15) is 8.78 Å². The molecule has 0 unspecified atom stereocenters. The molecule has 0 aliphatic rings. The number of hydrogen-bond acceptors (Lipinski definition) is 0. The molecule has 194 valence electrons. The smallest absolute Gasteiger partial charge is 0.161 e. The van der Waals surface area contributed by atoms with Gasteiger partial charge in [-0.3, -0.25) is 0 Å². The molecule has 0 aromatic heterocycles. The largest absolute Gasteiger partial charge is 0.209 e. The topological polar surface area (TPSA) is 0 Å². The molecule has 0 heterocycles. The van der Waals surface area contributed by atoms with Gasteiger partial charge in [0.25, 0.3) is 0 Å². The Morgan fingerprint density at radius 1 is 0.486 bits per heavy atom. The van der Waals surface area contributed by atoms with Gasteiger partial charge in [0.2, 0.25) is 0 Å². The summed E-state index contributed by atoms with van der Waals surface area (Å²) >= 11 is 0. The Hall–Kier alpha value is -1.96. The summed E-state index contributed by atoms with van der Waals surface area (Å²) in [6.45, 7) is 4.42. The number of benzene rings is 2. The third-order valence-corrected chi connectivity index (χ3v) is 6.99. The predicted molar refractivity (Wildman–Crippen MR) is 149 cm³/mol. The number of hydrogen-bond donors (Lipinski definition) is 0. The first-order valence-electron chi connectivity index (χ1n) is 14.3. The van der Waals surface area contributed by atoms with Gasteiger partial charge in [-0.2, -0.15) is 0 Å². The van der Waals surface area contributed by atoms with Crippen molar-refractivity contribution in [2.45, 2.75) is 123 Å². The Labute approximate surface area is 214 Å². The van der Waals surface area contributed by atoms with E-state index in [0.29, 0.717) is 5.56 Å². The van der Waals surface area contributed by atoms with E-state index in [1.165, 1.54) is 75.3 Å². The molecule has 0 radical (unpaired) electrons. The van der Waals surface area contributed by atoms with E-state index in [4.69, 9.17) is 0 Å². The number of halogens is 2. The lowest BCUT2D eigenvalue weighted by molar-refractivity contribution is 0.531. The molecule has 0 saturated heterocycles. The van der Waals surface area contributed by atoms with Gasteiger partial charge in [-0.1, -0.05) is 133 Å². The summed E-state index contributed by atoms with van der Waals surface area (Å²) in [7, 11) is 0. The van der Waals surface area contributed by atoms with Crippen LogP contribution < -0.4 is 0 Å². The average molecular weight is 483 g/mol. The summed E-state index contributed by atoms with van der Waals surface area (Å²) < 4.78 is 28.6. The Morgan fingerprint density at radius 3 is 1.40 bits per heavy atom. The Kier molecular flexibility index (Phi) is 15.3. The van der Waals surface area contributed by atoms with E-state index < -0.39 is 11.7 Å². The van der Waals surface area contributed by atoms with Crippen LogP contribution in [0.4, 0.5) is 8.78 Å². The summed E-state index contributed by atoms with van der Waals surface area (Å²) in [4.78, 5) is 0. The first-order valence-corrected chi connectivity index (χ1v) is 14.3. The van der Waals surface area contributed by atoms with Gasteiger partial charge in [0.15, 0.2) is 5.83 Å². The van der Waals surface area contributed by atoms with Gasteiger partial charge in [0, 0.05) is 12.0 Å². The lowest BCUT2D eigenvalue weighted by Gasteiger charge is -2.07. The molecule has 0 saturated carbocycles. The zero-order chi connectivity index (χ0) is 25.1. The fraction of sp³-hybridized carbons (Fsp3) is 0.576. The Morgan fingerprint density at radius 2 is 0.886 bits per heavy atom. The zero-order valence-corrected chi connectivity index (χ0v) is 22.4. The van der Waals surface area contributed by atoms with Crippen molar-refractivity contribution < 1.29 is 8.78 Å². The second kappa shape index (κ2) is 18.3. The quantitative estimate of drug-likeness (QED) is 0.175. The van der Waals surface area contributed by atoms with Crippen LogP contribution in [0.3, 0.4) is 0 Å². The first kappa shape index (κ1) is 29.3. The predicted octanol–water partition coefficient (Wildman–Crippen LogP) is 11.1. The third kappa shape index (κ3) is 12.5. The van der Waals surface area contributed by atoms with Crippen molar-refractivity contribution in [2.75, 3.05) is 0 Å². The van der Waals surface area contributed by atoms with Crippen LogP contribution in [0.25, 0.3) is 5.83 Å². The van der Waals surface area contributed by atoms with E-state index in [1.807, 2.05) is 12.1 Å². The summed E-state index contributed by atoms with van der Waals surface area (Å²) in [5.74, 6) is -1.31. The van der Waals surface area contributed by atoms with E-state index in [0.717, 1.165) is 44.1 Å². The lowest BCUT2D eigenvalue weighted by Crippen LogP contribution is -1.93. The van der Waals surface area contributed by atoms with Gasteiger partial charge in [-0.15, -0.1) is 0 Å². The van der Waals surface area contributed by atoms with E-state index in [2.05, 4.69) is 38.1 Å². The Balaban J connectivity index is 1.69. The van der Waals surface area contributed by atoms with Crippen LogP contribution in [-0.2, 0) is 19.3 Å². The lowest BCUT2D eigenvalue weighted by atomic mass is 10.00. The molecule has 0 atom stereocenters. The van der Waals surface area contributed by atoms with E-state index in [-0.39, 0.29) is 6.42 Å². The minimum absolute atomic E-state index is 0.201. The molecule has 0 amide bonds. The number of rotatable bonds is 19. The molecule has 0 aliphatic heterocycles. The van der Waals surface area contributed by atoms with Gasteiger partial charge >= 0.3 is 0 Å². The molecule has 0 aliphatic carbocycles. The maximum absolute atomic E-state index is 14.4. The first-order chi connectivity index (χ1) is 17.1. The maximum Gasteiger partial charge on any atom is 0.161 e. The molecule has 2 heteroatoms. The molecule has 2 aromatic rings. The Bertz CT molecular complexity index is 817. The molecule has 2 aromatic carbocycles. The van der Waals surface area contributed by atoms with E-state index in [1.54, 1.807) is 12.1 Å². The third-order valence-electron chi connectivity index (χ3n) is 6.99. The highest BCUT2D eigenvalue weighted by molar-refractivity contribution is 5.61. The van der Waals surface area contributed by atoms with Crippen molar-refractivity contribution in [1.29, 1.82) is 0 Å². The number of aryl methyl sites for hydroxylation is 3. The molecular weight excluding hydrogens is 434 g/mol. The molecule has 0 fully saturated rings. The molecule has 2 rings (SSSR count). The van der Waals surface area contributed by atoms with Crippen molar-refractivity contribution in [2.24, 2.45) is 0 Å². The van der Waals surface area contributed by atoms with Crippen molar-refractivity contribution in [1.82, 2.24) is 0 Å². The highest BCUT2D eigenvalue weighted by Gasteiger charge is 2.09. The molecule has 0 bridgehead atoms. The summed E-state index contributed by atoms with van der Waals surface area (Å²) in [6.07, 6.45) is 19.2. The minimum Gasteiger partial charge on any atom is -0.209 e. The van der Waals surface area contributed by atoms with Crippen LogP contribution in [0.2, 0.25) is 0 Å². The monoisotopic (exact) mass is 482 g/mol. The number of unbranched alkanes of at least 4 members (excludes halogenated alkanes) is 11. The summed E-state index contributed by atoms with van der Waals surface area (Å²) in [5, 5.41) is 0. The molecule has 0 spiro atoms. The van der Waals surface area contributed by atoms with Gasteiger partial charge in [-0.05, 0) is 48.8 Å². The van der Waals surface area contributed by atoms with Crippen molar-refractivity contribution >= 4 is 5.83 Å². The highest BCUT2D eigenvalue weighted by Crippen LogP contribution is 2.26. The van der Waals surface area contributed by atoms with Crippen molar-refractivity contribution in [3.8, 4) is 0 Å². The van der Waals surface area contributed by atoms with Crippen LogP contribution in [0.5, 0.6) is 0 Å². The highest BCUT2D eigenvalue weighted by atomic mass is 19.2. The van der Waals surface area contributed by atoms with Crippen molar-refractivity contribution in [3.05, 3.63) is 76.6 Å². The summed E-state index contributed by atoms with van der Waals surface area (Å²) in [6, 6.07) is 16.3. The SMILES string of the molecule is CCCCCCCCCCc1ccc(CCc2ccc(/C(F)=C(\F)CCCCCCC)cc2)cc1. The standard InChI is InChI=1S/C33H48F2/c1-3-5-7-9-10-11-13-14-16-28-18-20-29(21-19-28)22-23-30-24-26-31(27-25-30)33(35)32(34)17-15-12-8-6-4-2/h18-21,24-27H,3-17,22-23H2,1-2H3/b33-32+. The maximum atomic E-state index is 14.4. The summed E-state index contributed by atoms with van der Waals surface area (Å²) in [5.41, 5.74) is 4.27. The molecule has 0 N–H and O–H groups in total. The minimum atomic E-state index is -0.695. The van der Waals surface area contributed by atoms with Gasteiger partial charge in [0.05, 0.1) is 0 Å². The molecular formula is C33H48F2. The fourth-order valence-electron chi connectivity index (χ4n) is 4.59. The number of allylic oxidation sites excluding steroid dienone is 1. The molecule has 35 heavy (non-hydrogen) atoms. The van der Waals surface area contributed by atoms with Crippen LogP contribution in [0.15, 0.2) is 54.4 Å². The van der Waals surface area contributed by atoms with Crippen LogP contribution in [0.1, 0.15) is 126 Å². The van der Waals surface area contributed by atoms with Gasteiger partial charge < -0.3 is 0 Å². The fourth-order valence-corrected chi connectivity index (χ4v) is 4.59. The average Bonchev–Trinajstić information content (AvgIpc) is 2.89. The normalized spacial score (nSPS) is 12.1. The van der Waals surface area contributed by atoms with Crippen LogP contribution in [0, 0.1) is 0 Å². The van der Waals surface area contributed by atoms with Crippen molar-refractivity contribution in [3.63, 3.8) is 0 Å². The zero-order valence-electron chi connectivity index (χ0n) is 22.4. The second-order valence-electron chi connectivity index (χ2n) is 10.1.